The number of hydrogen-bond donors (Lipinski definition) is 0. The van der Waals surface area contributed by atoms with Crippen LogP contribution in [0.25, 0.3) is 6.08 Å². The Kier molecular flexibility index (Phi) is 8.80. The first-order valence-electron chi connectivity index (χ1n) is 11.1. The number of hydrogen-bond acceptors (Lipinski definition) is 6. The average Bonchev–Trinajstić information content (AvgIpc) is 3.06. The molecule has 0 N–H and O–H groups in total. The molecular weight excluding hydrogens is 454 g/mol. The number of thiocarbonyl (C=S) groups is 1. The van der Waals surface area contributed by atoms with Crippen LogP contribution in [0.15, 0.2) is 41.3 Å². The summed E-state index contributed by atoms with van der Waals surface area (Å²) < 4.78 is 18.3. The summed E-state index contributed by atoms with van der Waals surface area (Å²) in [5, 5.41) is 0. The number of para-hydroxylation sites is 1. The molecule has 0 atom stereocenters. The average molecular weight is 486 g/mol. The van der Waals surface area contributed by atoms with Crippen LogP contribution in [0.3, 0.4) is 0 Å². The summed E-state index contributed by atoms with van der Waals surface area (Å²) in [7, 11) is 1.61. The van der Waals surface area contributed by atoms with Crippen molar-refractivity contribution in [3.8, 4) is 17.2 Å². The Morgan fingerprint density at radius 2 is 1.88 bits per heavy atom. The number of aryl methyl sites for hydroxylation is 1. The van der Waals surface area contributed by atoms with E-state index >= 15 is 0 Å². The lowest BCUT2D eigenvalue weighted by Crippen LogP contribution is -2.27. The smallest absolute Gasteiger partial charge is 0.266 e. The lowest BCUT2D eigenvalue weighted by Gasteiger charge is -2.16. The second-order valence-corrected chi connectivity index (χ2v) is 9.73. The van der Waals surface area contributed by atoms with Crippen molar-refractivity contribution >= 4 is 40.3 Å². The first kappa shape index (κ1) is 25.1. The molecule has 1 aliphatic rings. The summed E-state index contributed by atoms with van der Waals surface area (Å²) in [5.74, 6) is 2.49. The molecule has 1 aliphatic heterocycles. The Morgan fingerprint density at radius 3 is 2.55 bits per heavy atom. The zero-order valence-corrected chi connectivity index (χ0v) is 21.5. The molecule has 0 spiro atoms. The minimum absolute atomic E-state index is 0.0752. The zero-order valence-electron chi connectivity index (χ0n) is 19.8. The summed E-state index contributed by atoms with van der Waals surface area (Å²) in [5.41, 5.74) is 3.17. The molecule has 0 aromatic heterocycles. The maximum atomic E-state index is 12.6. The third-order valence-electron chi connectivity index (χ3n) is 5.29. The van der Waals surface area contributed by atoms with Crippen molar-refractivity contribution < 1.29 is 19.0 Å². The molecule has 3 rings (SSSR count). The molecule has 0 radical (unpaired) electrons. The topological polar surface area (TPSA) is 48.0 Å². The molecule has 0 aliphatic carbocycles. The molecule has 2 aromatic carbocycles. The summed E-state index contributed by atoms with van der Waals surface area (Å²) in [4.78, 5) is 14.8. The van der Waals surface area contributed by atoms with Gasteiger partial charge in [-0.3, -0.25) is 9.69 Å². The van der Waals surface area contributed by atoms with E-state index in [4.69, 9.17) is 26.4 Å². The summed E-state index contributed by atoms with van der Waals surface area (Å²) >= 11 is 6.63. The van der Waals surface area contributed by atoms with Gasteiger partial charge in [0.1, 0.15) is 10.1 Å². The van der Waals surface area contributed by atoms with E-state index in [9.17, 15) is 4.79 Å². The highest BCUT2D eigenvalue weighted by Gasteiger charge is 2.31. The van der Waals surface area contributed by atoms with E-state index in [1.54, 1.807) is 12.0 Å². The molecule has 0 bridgehead atoms. The molecule has 0 saturated carbocycles. The fourth-order valence-corrected chi connectivity index (χ4v) is 4.91. The number of nitrogens with zero attached hydrogens (tertiary/aromatic N) is 1. The first-order valence-corrected chi connectivity index (χ1v) is 12.4. The fraction of sp³-hybridized carbons (Fsp3) is 0.385. The van der Waals surface area contributed by atoms with Gasteiger partial charge in [0, 0.05) is 18.5 Å². The molecule has 176 valence electrons. The molecule has 1 amide bonds. The van der Waals surface area contributed by atoms with Crippen LogP contribution in [0, 0.1) is 6.92 Å². The second-order valence-electron chi connectivity index (χ2n) is 8.05. The predicted molar refractivity (Wildman–Crippen MR) is 139 cm³/mol. The van der Waals surface area contributed by atoms with E-state index < -0.39 is 0 Å². The number of carbonyl (C=O) groups excluding carboxylic acids is 1. The van der Waals surface area contributed by atoms with E-state index in [0.717, 1.165) is 11.3 Å². The van der Waals surface area contributed by atoms with E-state index in [-0.39, 0.29) is 5.91 Å². The molecular formula is C26H31NO4S2. The number of rotatable bonds is 10. The third kappa shape index (κ3) is 6.09. The molecule has 1 heterocycles. The van der Waals surface area contributed by atoms with E-state index in [0.29, 0.717) is 52.8 Å². The van der Waals surface area contributed by atoms with Crippen molar-refractivity contribution in [1.82, 2.24) is 4.90 Å². The quantitative estimate of drug-likeness (QED) is 0.227. The summed E-state index contributed by atoms with van der Waals surface area (Å²) in [6, 6.07) is 12.0. The van der Waals surface area contributed by atoms with Gasteiger partial charge in [-0.05, 0) is 49.1 Å². The Hall–Kier alpha value is -2.51. The van der Waals surface area contributed by atoms with Gasteiger partial charge in [0.25, 0.3) is 5.91 Å². The minimum atomic E-state index is -0.0752. The van der Waals surface area contributed by atoms with Gasteiger partial charge in [-0.2, -0.15) is 0 Å². The number of benzene rings is 2. The van der Waals surface area contributed by atoms with E-state index in [1.165, 1.54) is 22.9 Å². The van der Waals surface area contributed by atoms with Gasteiger partial charge in [0.2, 0.25) is 0 Å². The van der Waals surface area contributed by atoms with Crippen molar-refractivity contribution in [3.63, 3.8) is 0 Å². The predicted octanol–water partition coefficient (Wildman–Crippen LogP) is 6.20. The van der Waals surface area contributed by atoms with Crippen LogP contribution in [-0.2, 0) is 4.79 Å². The summed E-state index contributed by atoms with van der Waals surface area (Å²) in [6.07, 6.45) is 2.53. The summed E-state index contributed by atoms with van der Waals surface area (Å²) in [6.45, 7) is 9.87. The van der Waals surface area contributed by atoms with Gasteiger partial charge < -0.3 is 14.2 Å². The van der Waals surface area contributed by atoms with Crippen LogP contribution in [-0.4, -0.2) is 42.0 Å². The molecule has 5 nitrogen and oxygen atoms in total. The maximum Gasteiger partial charge on any atom is 0.266 e. The Bertz CT molecular complexity index is 1050. The van der Waals surface area contributed by atoms with Gasteiger partial charge in [-0.15, -0.1) is 0 Å². The van der Waals surface area contributed by atoms with Gasteiger partial charge in [0.05, 0.1) is 25.2 Å². The molecule has 2 aromatic rings. The highest BCUT2D eigenvalue weighted by Crippen LogP contribution is 2.37. The largest absolute Gasteiger partial charge is 0.493 e. The van der Waals surface area contributed by atoms with Crippen molar-refractivity contribution in [2.24, 2.45) is 0 Å². The number of ether oxygens (including phenoxy) is 3. The molecule has 33 heavy (non-hydrogen) atoms. The first-order chi connectivity index (χ1) is 15.8. The van der Waals surface area contributed by atoms with Crippen LogP contribution >= 0.6 is 24.0 Å². The highest BCUT2D eigenvalue weighted by molar-refractivity contribution is 8.26. The second kappa shape index (κ2) is 11.6. The number of thioether (sulfide) groups is 1. The van der Waals surface area contributed by atoms with Crippen LogP contribution in [0.2, 0.25) is 0 Å². The van der Waals surface area contributed by atoms with Crippen molar-refractivity contribution in [3.05, 3.63) is 58.0 Å². The monoisotopic (exact) mass is 485 g/mol. The van der Waals surface area contributed by atoms with Crippen LogP contribution < -0.4 is 14.2 Å². The van der Waals surface area contributed by atoms with Gasteiger partial charge in [0.15, 0.2) is 11.5 Å². The third-order valence-corrected chi connectivity index (χ3v) is 6.67. The molecule has 7 heteroatoms. The SMILES string of the molecule is CCN1C(=O)/C(=C/c2cccc(OC)c2OCCCOc2cc(C)ccc2C(C)C)SC1=S. The Balaban J connectivity index is 1.67. The van der Waals surface area contributed by atoms with Crippen LogP contribution in [0.5, 0.6) is 17.2 Å². The van der Waals surface area contributed by atoms with Gasteiger partial charge in [-0.25, -0.2) is 0 Å². The number of likely N-dealkylation sites (N-methyl/N-ethyl adjacent to an activating group) is 1. The van der Waals surface area contributed by atoms with Gasteiger partial charge >= 0.3 is 0 Å². The number of amides is 1. The number of carbonyl (C=O) groups is 1. The minimum Gasteiger partial charge on any atom is -0.493 e. The van der Waals surface area contributed by atoms with Crippen molar-refractivity contribution in [2.45, 2.75) is 40.0 Å². The van der Waals surface area contributed by atoms with Crippen LogP contribution in [0.4, 0.5) is 0 Å². The highest BCUT2D eigenvalue weighted by atomic mass is 32.2. The molecule has 1 fully saturated rings. The maximum absolute atomic E-state index is 12.6. The zero-order chi connectivity index (χ0) is 24.0. The van der Waals surface area contributed by atoms with Crippen molar-refractivity contribution in [2.75, 3.05) is 26.9 Å². The lowest BCUT2D eigenvalue weighted by atomic mass is 10.0. The molecule has 0 unspecified atom stereocenters. The normalized spacial score (nSPS) is 15.0. The van der Waals surface area contributed by atoms with E-state index in [1.807, 2.05) is 31.2 Å². The van der Waals surface area contributed by atoms with E-state index in [2.05, 4.69) is 39.0 Å². The fourth-order valence-electron chi connectivity index (χ4n) is 3.53. The van der Waals surface area contributed by atoms with Crippen LogP contribution in [0.1, 0.15) is 49.8 Å². The Labute approximate surface area is 206 Å². The van der Waals surface area contributed by atoms with Crippen molar-refractivity contribution in [1.29, 1.82) is 0 Å². The Morgan fingerprint density at radius 1 is 1.12 bits per heavy atom. The molecule has 1 saturated heterocycles. The lowest BCUT2D eigenvalue weighted by molar-refractivity contribution is -0.121. The standard InChI is InChI=1S/C26H31NO4S2/c1-6-27-25(28)23(33-26(27)32)16-19-9-7-10-21(29-5)24(19)31-14-8-13-30-22-15-18(4)11-12-20(22)17(2)3/h7,9-12,15-17H,6,8,13-14H2,1-5H3/b23-16-. The van der Waals surface area contributed by atoms with Gasteiger partial charge in [-0.1, -0.05) is 62.1 Å². The number of methoxy groups -OCH3 is 1.